The molecule has 0 heterocycles. The number of nitrogens with zero attached hydrogens (tertiary/aromatic N) is 1. The molecule has 0 saturated heterocycles. The molecule has 0 amide bonds. The van der Waals surface area contributed by atoms with Crippen molar-refractivity contribution in [3.63, 3.8) is 0 Å². The smallest absolute Gasteiger partial charge is 0.0593 e. The van der Waals surface area contributed by atoms with E-state index in [1.807, 2.05) is 13.0 Å². The van der Waals surface area contributed by atoms with Crippen LogP contribution in [0.5, 0.6) is 0 Å². The van der Waals surface area contributed by atoms with Crippen LogP contribution in [-0.4, -0.2) is 37.2 Å². The van der Waals surface area contributed by atoms with Gasteiger partial charge in [0.15, 0.2) is 0 Å². The van der Waals surface area contributed by atoms with Gasteiger partial charge in [0.2, 0.25) is 0 Å². The van der Waals surface area contributed by atoms with Crippen LogP contribution in [0, 0.1) is 0 Å². The average molecular weight is 329 g/mol. The molecule has 1 rings (SSSR count). The van der Waals surface area contributed by atoms with E-state index >= 15 is 0 Å². The molecule has 1 aromatic carbocycles. The molecule has 0 bridgehead atoms. The summed E-state index contributed by atoms with van der Waals surface area (Å²) in [5.74, 6) is 0. The number of halogens is 1. The molecule has 19 heavy (non-hydrogen) atoms. The molecule has 0 aliphatic heterocycles. The van der Waals surface area contributed by atoms with Gasteiger partial charge in [-0.05, 0) is 38.1 Å². The summed E-state index contributed by atoms with van der Waals surface area (Å²) in [6.45, 7) is 9.63. The Bertz CT molecular complexity index is 371. The minimum Gasteiger partial charge on any atom is -0.380 e. The van der Waals surface area contributed by atoms with Gasteiger partial charge >= 0.3 is 0 Å². The number of hydrogen-bond donors (Lipinski definition) is 1. The highest BCUT2D eigenvalue weighted by atomic mass is 79.9. The van der Waals surface area contributed by atoms with Crippen LogP contribution < -0.4 is 5.73 Å². The third-order valence-electron chi connectivity index (χ3n) is 3.21. The van der Waals surface area contributed by atoms with Gasteiger partial charge in [-0.1, -0.05) is 35.0 Å². The molecular formula is C15H25BrN2O. The molecule has 2 atom stereocenters. The molecule has 4 heteroatoms. The maximum atomic E-state index is 6.20. The lowest BCUT2D eigenvalue weighted by atomic mass is 9.99. The number of likely N-dealkylation sites (N-methyl/N-ethyl adjacent to an activating group) is 1. The van der Waals surface area contributed by atoms with E-state index in [4.69, 9.17) is 10.5 Å². The summed E-state index contributed by atoms with van der Waals surface area (Å²) >= 11 is 3.53. The van der Waals surface area contributed by atoms with Gasteiger partial charge in [0, 0.05) is 29.7 Å². The monoisotopic (exact) mass is 328 g/mol. The Hall–Kier alpha value is -0.420. The summed E-state index contributed by atoms with van der Waals surface area (Å²) in [6.07, 6.45) is 0. The minimum absolute atomic E-state index is 0.0795. The Labute approximate surface area is 125 Å². The number of nitrogens with two attached hydrogens (primary N) is 1. The van der Waals surface area contributed by atoms with Crippen LogP contribution in [0.3, 0.4) is 0 Å². The van der Waals surface area contributed by atoms with E-state index in [1.54, 1.807) is 0 Å². The highest BCUT2D eigenvalue weighted by Gasteiger charge is 2.22. The molecule has 0 spiro atoms. The van der Waals surface area contributed by atoms with E-state index in [0.29, 0.717) is 0 Å². The van der Waals surface area contributed by atoms with Crippen LogP contribution in [0.1, 0.15) is 32.4 Å². The van der Waals surface area contributed by atoms with Crippen molar-refractivity contribution < 1.29 is 4.74 Å². The predicted octanol–water partition coefficient (Wildman–Crippen LogP) is 3.20. The summed E-state index contributed by atoms with van der Waals surface area (Å²) in [4.78, 5) is 2.38. The van der Waals surface area contributed by atoms with Crippen molar-refractivity contribution in [3.8, 4) is 0 Å². The van der Waals surface area contributed by atoms with E-state index in [9.17, 15) is 0 Å². The molecule has 2 unspecified atom stereocenters. The van der Waals surface area contributed by atoms with Crippen molar-refractivity contribution in [2.45, 2.75) is 32.9 Å². The highest BCUT2D eigenvalue weighted by molar-refractivity contribution is 9.10. The van der Waals surface area contributed by atoms with Crippen molar-refractivity contribution >= 4 is 15.9 Å². The summed E-state index contributed by atoms with van der Waals surface area (Å²) < 4.78 is 6.56. The van der Waals surface area contributed by atoms with Crippen LogP contribution in [-0.2, 0) is 4.74 Å². The fraction of sp³-hybridized carbons (Fsp3) is 0.600. The first-order valence-corrected chi connectivity index (χ1v) is 7.72. The van der Waals surface area contributed by atoms with Gasteiger partial charge in [-0.2, -0.15) is 0 Å². The van der Waals surface area contributed by atoms with Gasteiger partial charge in [-0.25, -0.2) is 0 Å². The van der Waals surface area contributed by atoms with Gasteiger partial charge < -0.3 is 10.5 Å². The first-order valence-electron chi connectivity index (χ1n) is 6.93. The van der Waals surface area contributed by atoms with Gasteiger partial charge in [-0.15, -0.1) is 0 Å². The lowest BCUT2D eigenvalue weighted by Crippen LogP contribution is -2.41. The average Bonchev–Trinajstić information content (AvgIpc) is 2.37. The molecule has 0 aliphatic rings. The maximum absolute atomic E-state index is 6.20. The zero-order valence-corrected chi connectivity index (χ0v) is 13.7. The van der Waals surface area contributed by atoms with E-state index in [-0.39, 0.29) is 12.1 Å². The number of benzene rings is 1. The molecule has 0 fully saturated rings. The second kappa shape index (κ2) is 8.69. The summed E-state index contributed by atoms with van der Waals surface area (Å²) in [6, 6.07) is 8.70. The van der Waals surface area contributed by atoms with E-state index in [2.05, 4.69) is 52.9 Å². The zero-order valence-electron chi connectivity index (χ0n) is 12.1. The Morgan fingerprint density at radius 1 is 1.37 bits per heavy atom. The summed E-state index contributed by atoms with van der Waals surface area (Å²) in [5, 5.41) is 0. The van der Waals surface area contributed by atoms with Crippen LogP contribution in [0.2, 0.25) is 0 Å². The van der Waals surface area contributed by atoms with Crippen molar-refractivity contribution in [2.24, 2.45) is 5.73 Å². The number of hydrogen-bond acceptors (Lipinski definition) is 3. The highest BCUT2D eigenvalue weighted by Crippen LogP contribution is 2.25. The molecule has 1 aromatic rings. The predicted molar refractivity (Wildman–Crippen MR) is 84.3 cm³/mol. The molecule has 0 saturated carbocycles. The van der Waals surface area contributed by atoms with Crippen LogP contribution >= 0.6 is 15.9 Å². The fourth-order valence-corrected chi connectivity index (χ4v) is 2.77. The molecular weight excluding hydrogens is 304 g/mol. The minimum atomic E-state index is 0.0795. The third-order valence-corrected chi connectivity index (χ3v) is 3.71. The zero-order chi connectivity index (χ0) is 14.3. The van der Waals surface area contributed by atoms with Crippen molar-refractivity contribution in [1.29, 1.82) is 0 Å². The van der Waals surface area contributed by atoms with Crippen LogP contribution in [0.15, 0.2) is 28.7 Å². The van der Waals surface area contributed by atoms with Crippen molar-refractivity contribution in [1.82, 2.24) is 4.90 Å². The maximum Gasteiger partial charge on any atom is 0.0593 e. The molecule has 0 aromatic heterocycles. The van der Waals surface area contributed by atoms with E-state index in [0.717, 1.165) is 30.8 Å². The lowest BCUT2D eigenvalue weighted by Gasteiger charge is -2.33. The van der Waals surface area contributed by atoms with Crippen molar-refractivity contribution in [2.75, 3.05) is 26.3 Å². The standard InChI is InChI=1S/C15H25BrN2O/c1-4-18(9-10-19-5-2)15(12(3)17)13-7-6-8-14(16)11-13/h6-8,11-12,15H,4-5,9-10,17H2,1-3H3. The molecule has 108 valence electrons. The molecule has 0 radical (unpaired) electrons. The summed E-state index contributed by atoms with van der Waals surface area (Å²) in [7, 11) is 0. The van der Waals surface area contributed by atoms with Gasteiger partial charge in [0.05, 0.1) is 6.61 Å². The Balaban J connectivity index is 2.85. The summed E-state index contributed by atoms with van der Waals surface area (Å²) in [5.41, 5.74) is 7.45. The lowest BCUT2D eigenvalue weighted by molar-refractivity contribution is 0.0909. The van der Waals surface area contributed by atoms with E-state index < -0.39 is 0 Å². The topological polar surface area (TPSA) is 38.5 Å². The molecule has 2 N–H and O–H groups in total. The Kier molecular flexibility index (Phi) is 7.61. The van der Waals surface area contributed by atoms with Crippen molar-refractivity contribution in [3.05, 3.63) is 34.3 Å². The van der Waals surface area contributed by atoms with Crippen LogP contribution in [0.25, 0.3) is 0 Å². The molecule has 3 nitrogen and oxygen atoms in total. The Morgan fingerprint density at radius 3 is 2.63 bits per heavy atom. The van der Waals surface area contributed by atoms with Gasteiger partial charge in [-0.3, -0.25) is 4.90 Å². The van der Waals surface area contributed by atoms with Gasteiger partial charge in [0.25, 0.3) is 0 Å². The fourth-order valence-electron chi connectivity index (χ4n) is 2.36. The second-order valence-electron chi connectivity index (χ2n) is 4.68. The van der Waals surface area contributed by atoms with E-state index in [1.165, 1.54) is 5.56 Å². The van der Waals surface area contributed by atoms with Crippen LogP contribution in [0.4, 0.5) is 0 Å². The second-order valence-corrected chi connectivity index (χ2v) is 5.60. The third kappa shape index (κ3) is 5.22. The first-order chi connectivity index (χ1) is 9.10. The largest absolute Gasteiger partial charge is 0.380 e. The molecule has 0 aliphatic carbocycles. The SMILES string of the molecule is CCOCCN(CC)C(c1cccc(Br)c1)C(C)N. The number of ether oxygens (including phenoxy) is 1. The Morgan fingerprint density at radius 2 is 2.11 bits per heavy atom. The quantitative estimate of drug-likeness (QED) is 0.745. The van der Waals surface area contributed by atoms with Gasteiger partial charge in [0.1, 0.15) is 0 Å². The first kappa shape index (κ1) is 16.6. The number of rotatable bonds is 8. The normalized spacial score (nSPS) is 14.6.